The number of hydrogen-bond acceptors (Lipinski definition) is 5. The average Bonchev–Trinajstić information content (AvgIpc) is 2.55. The molecule has 1 aromatic heterocycles. The standard InChI is InChI=1S/C18H18ClN5/c1-13-4-2-7-16(10-13)22-18-23-17(12-21-24-18)20-9-8-14-5-3-6-15(19)11-14/h2-7,10-12H,8-9H2,1H3,(H2,20,22,23,24). The predicted octanol–water partition coefficient (Wildman–Crippen LogP) is 4.23. The molecule has 0 aliphatic carbocycles. The monoisotopic (exact) mass is 339 g/mol. The van der Waals surface area contributed by atoms with Crippen molar-refractivity contribution < 1.29 is 0 Å². The quantitative estimate of drug-likeness (QED) is 0.703. The van der Waals surface area contributed by atoms with E-state index in [1.807, 2.05) is 49.4 Å². The minimum atomic E-state index is 0.466. The number of halogens is 1. The molecule has 5 nitrogen and oxygen atoms in total. The summed E-state index contributed by atoms with van der Waals surface area (Å²) in [6.45, 7) is 2.78. The van der Waals surface area contributed by atoms with E-state index >= 15 is 0 Å². The van der Waals surface area contributed by atoms with Crippen molar-refractivity contribution in [1.29, 1.82) is 0 Å². The maximum absolute atomic E-state index is 5.99. The zero-order valence-corrected chi connectivity index (χ0v) is 14.1. The Hall–Kier alpha value is -2.66. The van der Waals surface area contributed by atoms with Crippen molar-refractivity contribution in [3.05, 3.63) is 70.9 Å². The van der Waals surface area contributed by atoms with Gasteiger partial charge in [0.2, 0.25) is 5.95 Å². The molecule has 0 radical (unpaired) electrons. The average molecular weight is 340 g/mol. The summed E-state index contributed by atoms with van der Waals surface area (Å²) in [6, 6.07) is 15.9. The topological polar surface area (TPSA) is 62.7 Å². The van der Waals surface area contributed by atoms with Crippen LogP contribution in [0.2, 0.25) is 5.02 Å². The van der Waals surface area contributed by atoms with Gasteiger partial charge in [-0.15, -0.1) is 5.10 Å². The molecular formula is C18H18ClN5. The summed E-state index contributed by atoms with van der Waals surface area (Å²) in [7, 11) is 0. The third-order valence-electron chi connectivity index (χ3n) is 3.44. The first kappa shape index (κ1) is 16.2. The Bertz CT molecular complexity index is 822. The van der Waals surface area contributed by atoms with Crippen LogP contribution in [0, 0.1) is 6.92 Å². The fraction of sp³-hybridized carbons (Fsp3) is 0.167. The number of nitrogens with zero attached hydrogens (tertiary/aromatic N) is 3. The highest BCUT2D eigenvalue weighted by Gasteiger charge is 2.02. The molecule has 0 aliphatic rings. The fourth-order valence-corrected chi connectivity index (χ4v) is 2.53. The van der Waals surface area contributed by atoms with Gasteiger partial charge in [-0.3, -0.25) is 0 Å². The van der Waals surface area contributed by atoms with Crippen LogP contribution in [-0.2, 0) is 6.42 Å². The molecule has 2 aromatic carbocycles. The molecule has 2 N–H and O–H groups in total. The molecular weight excluding hydrogens is 322 g/mol. The number of benzene rings is 2. The maximum Gasteiger partial charge on any atom is 0.249 e. The summed E-state index contributed by atoms with van der Waals surface area (Å²) in [4.78, 5) is 4.42. The lowest BCUT2D eigenvalue weighted by Gasteiger charge is -2.08. The normalized spacial score (nSPS) is 10.4. The Morgan fingerprint density at radius 3 is 2.79 bits per heavy atom. The highest BCUT2D eigenvalue weighted by Crippen LogP contribution is 2.15. The van der Waals surface area contributed by atoms with Gasteiger partial charge in [-0.25, -0.2) is 0 Å². The van der Waals surface area contributed by atoms with Crippen LogP contribution in [0.3, 0.4) is 0 Å². The molecule has 0 atom stereocenters. The van der Waals surface area contributed by atoms with E-state index in [4.69, 9.17) is 11.6 Å². The van der Waals surface area contributed by atoms with Crippen LogP contribution in [0.15, 0.2) is 54.7 Å². The van der Waals surface area contributed by atoms with Crippen molar-refractivity contribution in [3.8, 4) is 0 Å². The third-order valence-corrected chi connectivity index (χ3v) is 3.68. The predicted molar refractivity (Wildman–Crippen MR) is 97.9 cm³/mol. The van der Waals surface area contributed by atoms with Crippen molar-refractivity contribution in [2.75, 3.05) is 17.2 Å². The molecule has 0 saturated carbocycles. The summed E-state index contributed by atoms with van der Waals surface area (Å²) in [5, 5.41) is 15.2. The molecule has 0 saturated heterocycles. The molecule has 6 heteroatoms. The minimum absolute atomic E-state index is 0.466. The second kappa shape index (κ2) is 7.75. The van der Waals surface area contributed by atoms with Gasteiger partial charge >= 0.3 is 0 Å². The lowest BCUT2D eigenvalue weighted by atomic mass is 10.1. The van der Waals surface area contributed by atoms with E-state index in [0.29, 0.717) is 11.8 Å². The van der Waals surface area contributed by atoms with Crippen molar-refractivity contribution >= 4 is 29.1 Å². The zero-order valence-electron chi connectivity index (χ0n) is 13.3. The molecule has 24 heavy (non-hydrogen) atoms. The van der Waals surface area contributed by atoms with Gasteiger partial charge in [0.05, 0.1) is 6.20 Å². The van der Waals surface area contributed by atoms with Gasteiger partial charge in [-0.2, -0.15) is 10.1 Å². The van der Waals surface area contributed by atoms with E-state index in [2.05, 4.69) is 31.9 Å². The molecule has 3 aromatic rings. The van der Waals surface area contributed by atoms with E-state index in [0.717, 1.165) is 23.7 Å². The van der Waals surface area contributed by atoms with Gasteiger partial charge in [-0.1, -0.05) is 35.9 Å². The van der Waals surface area contributed by atoms with E-state index in [9.17, 15) is 0 Å². The fourth-order valence-electron chi connectivity index (χ4n) is 2.32. The number of aromatic nitrogens is 3. The Labute approximate surface area is 146 Å². The van der Waals surface area contributed by atoms with Crippen LogP contribution in [-0.4, -0.2) is 21.7 Å². The van der Waals surface area contributed by atoms with Gasteiger partial charge in [0.25, 0.3) is 0 Å². The lowest BCUT2D eigenvalue weighted by Crippen LogP contribution is -2.08. The van der Waals surface area contributed by atoms with E-state index < -0.39 is 0 Å². The molecule has 0 unspecified atom stereocenters. The van der Waals surface area contributed by atoms with Crippen molar-refractivity contribution in [3.63, 3.8) is 0 Å². The molecule has 0 amide bonds. The van der Waals surface area contributed by atoms with Gasteiger partial charge in [0.15, 0.2) is 5.82 Å². The third kappa shape index (κ3) is 4.67. The molecule has 3 rings (SSSR count). The summed E-state index contributed by atoms with van der Waals surface area (Å²) in [6.07, 6.45) is 2.46. The van der Waals surface area contributed by atoms with Gasteiger partial charge in [-0.05, 0) is 48.7 Å². The van der Waals surface area contributed by atoms with Crippen LogP contribution >= 0.6 is 11.6 Å². The SMILES string of the molecule is Cc1cccc(Nc2nncc(NCCc3cccc(Cl)c3)n2)c1. The number of anilines is 3. The Morgan fingerprint density at radius 1 is 1.08 bits per heavy atom. The summed E-state index contributed by atoms with van der Waals surface area (Å²) in [5.41, 5.74) is 3.28. The van der Waals surface area contributed by atoms with Crippen LogP contribution in [0.4, 0.5) is 17.5 Å². The highest BCUT2D eigenvalue weighted by atomic mass is 35.5. The van der Waals surface area contributed by atoms with Crippen molar-refractivity contribution in [2.24, 2.45) is 0 Å². The lowest BCUT2D eigenvalue weighted by molar-refractivity contribution is 0.950. The van der Waals surface area contributed by atoms with Crippen LogP contribution in [0.1, 0.15) is 11.1 Å². The number of nitrogens with one attached hydrogen (secondary N) is 2. The smallest absolute Gasteiger partial charge is 0.249 e. The molecule has 0 bridgehead atoms. The molecule has 0 aliphatic heterocycles. The molecule has 0 fully saturated rings. The first-order valence-electron chi connectivity index (χ1n) is 7.71. The Balaban J connectivity index is 1.59. The van der Waals surface area contributed by atoms with Crippen molar-refractivity contribution in [2.45, 2.75) is 13.3 Å². The highest BCUT2D eigenvalue weighted by molar-refractivity contribution is 6.30. The Morgan fingerprint density at radius 2 is 1.96 bits per heavy atom. The van der Waals surface area contributed by atoms with E-state index in [1.54, 1.807) is 6.20 Å². The molecule has 0 spiro atoms. The number of hydrogen-bond donors (Lipinski definition) is 2. The first-order chi connectivity index (χ1) is 11.7. The number of aryl methyl sites for hydroxylation is 1. The summed E-state index contributed by atoms with van der Waals surface area (Å²) >= 11 is 5.99. The van der Waals surface area contributed by atoms with Gasteiger partial charge in [0, 0.05) is 17.3 Å². The van der Waals surface area contributed by atoms with Crippen LogP contribution in [0.25, 0.3) is 0 Å². The van der Waals surface area contributed by atoms with Gasteiger partial charge in [0.1, 0.15) is 0 Å². The second-order valence-electron chi connectivity index (χ2n) is 5.47. The zero-order chi connectivity index (χ0) is 16.8. The van der Waals surface area contributed by atoms with Crippen LogP contribution in [0.5, 0.6) is 0 Å². The van der Waals surface area contributed by atoms with E-state index in [-0.39, 0.29) is 0 Å². The van der Waals surface area contributed by atoms with Crippen LogP contribution < -0.4 is 10.6 Å². The summed E-state index contributed by atoms with van der Waals surface area (Å²) < 4.78 is 0. The maximum atomic E-state index is 5.99. The van der Waals surface area contributed by atoms with Crippen molar-refractivity contribution in [1.82, 2.24) is 15.2 Å². The summed E-state index contributed by atoms with van der Waals surface area (Å²) in [5.74, 6) is 1.15. The van der Waals surface area contributed by atoms with E-state index in [1.165, 1.54) is 11.1 Å². The number of rotatable bonds is 6. The minimum Gasteiger partial charge on any atom is -0.368 e. The molecule has 1 heterocycles. The first-order valence-corrected chi connectivity index (χ1v) is 8.08. The Kier molecular flexibility index (Phi) is 5.23. The largest absolute Gasteiger partial charge is 0.368 e. The molecule has 122 valence electrons. The second-order valence-corrected chi connectivity index (χ2v) is 5.90. The van der Waals surface area contributed by atoms with Gasteiger partial charge < -0.3 is 10.6 Å².